The van der Waals surface area contributed by atoms with Gasteiger partial charge in [0.05, 0.1) is 33.1 Å². The molecule has 0 fully saturated rings. The molecule has 0 N–H and O–H groups in total. The third-order valence-corrected chi connectivity index (χ3v) is 11.8. The molecule has 3 heteroatoms. The van der Waals surface area contributed by atoms with Crippen molar-refractivity contribution < 1.29 is 0 Å². The lowest BCUT2D eigenvalue weighted by Gasteiger charge is -2.12. The molecule has 12 rings (SSSR count). The van der Waals surface area contributed by atoms with Gasteiger partial charge >= 0.3 is 0 Å². The quantitative estimate of drug-likeness (QED) is 0.168. The van der Waals surface area contributed by atoms with Crippen LogP contribution in [0.5, 0.6) is 0 Å². The van der Waals surface area contributed by atoms with Crippen molar-refractivity contribution >= 4 is 65.4 Å². The first kappa shape index (κ1) is 31.7. The minimum Gasteiger partial charge on any atom is -0.309 e. The summed E-state index contributed by atoms with van der Waals surface area (Å²) in [5.74, 6) is 0. The lowest BCUT2D eigenvalue weighted by Crippen LogP contribution is -1.96. The van der Waals surface area contributed by atoms with E-state index in [1.54, 1.807) is 0 Å². The zero-order chi connectivity index (χ0) is 37.5. The van der Waals surface area contributed by atoms with E-state index in [4.69, 9.17) is 0 Å². The number of fused-ring (bicyclic) bond motifs is 10. The van der Waals surface area contributed by atoms with E-state index < -0.39 is 0 Å². The molecule has 0 aliphatic rings. The maximum Gasteiger partial charge on any atom is 0.0641 e. The Balaban J connectivity index is 1.09. The van der Waals surface area contributed by atoms with Crippen LogP contribution in [0.4, 0.5) is 0 Å². The summed E-state index contributed by atoms with van der Waals surface area (Å²) in [5.41, 5.74) is 15.5. The van der Waals surface area contributed by atoms with E-state index in [1.807, 2.05) is 0 Å². The Morgan fingerprint density at radius 1 is 0.228 bits per heavy atom. The first-order valence-corrected chi connectivity index (χ1v) is 19.6. The SMILES string of the molecule is c1ccc(-c2cccc(-n3c4ccccc4c4c3ccc3c5ccccc5n(-c5cccc(-c6ccc7c(c6)c6ccccc6n7-c6ccccc6)c5)c34)c2)cc1. The van der Waals surface area contributed by atoms with Crippen molar-refractivity contribution in [1.29, 1.82) is 0 Å². The molecule has 3 nitrogen and oxygen atoms in total. The Hall–Kier alpha value is -7.62. The molecule has 12 aromatic rings. The standard InChI is InChI=1S/C54H35N3/c1-3-15-36(16-4-1)37-17-13-21-41(33-37)56-50-28-12-9-25-46(50)53-52(56)32-30-45-43-23-7-11-27-49(43)57(54(45)53)42-22-14-18-38(34-42)39-29-31-51-47(35-39)44-24-8-10-26-48(44)55(51)40-19-5-2-6-20-40/h1-35H. The zero-order valence-corrected chi connectivity index (χ0v) is 31.0. The Morgan fingerprint density at radius 2 is 0.684 bits per heavy atom. The number of hydrogen-bond donors (Lipinski definition) is 0. The van der Waals surface area contributed by atoms with Crippen molar-refractivity contribution in [2.45, 2.75) is 0 Å². The fourth-order valence-corrected chi connectivity index (χ4v) is 9.34. The molecule has 0 saturated heterocycles. The molecule has 0 saturated carbocycles. The molecule has 0 radical (unpaired) electrons. The van der Waals surface area contributed by atoms with Crippen LogP contribution in [0, 0.1) is 0 Å². The van der Waals surface area contributed by atoms with E-state index in [0.29, 0.717) is 0 Å². The second-order valence-corrected chi connectivity index (χ2v) is 14.9. The zero-order valence-electron chi connectivity index (χ0n) is 31.0. The molecule has 0 unspecified atom stereocenters. The molecule has 0 spiro atoms. The minimum atomic E-state index is 1.14. The van der Waals surface area contributed by atoms with Gasteiger partial charge in [-0.05, 0) is 95.1 Å². The Bertz CT molecular complexity index is 3510. The summed E-state index contributed by atoms with van der Waals surface area (Å²) in [6.45, 7) is 0. The molecule has 0 bridgehead atoms. The highest BCUT2D eigenvalue weighted by Gasteiger charge is 2.21. The molecule has 9 aromatic carbocycles. The molecule has 0 aliphatic carbocycles. The monoisotopic (exact) mass is 725 g/mol. The second-order valence-electron chi connectivity index (χ2n) is 14.9. The molecule has 266 valence electrons. The highest BCUT2D eigenvalue weighted by Crippen LogP contribution is 2.43. The molecular formula is C54H35N3. The van der Waals surface area contributed by atoms with Gasteiger partial charge in [0.1, 0.15) is 0 Å². The van der Waals surface area contributed by atoms with Crippen LogP contribution in [0.2, 0.25) is 0 Å². The van der Waals surface area contributed by atoms with Crippen LogP contribution < -0.4 is 0 Å². The average molecular weight is 726 g/mol. The maximum atomic E-state index is 2.49. The van der Waals surface area contributed by atoms with Gasteiger partial charge in [0.25, 0.3) is 0 Å². The van der Waals surface area contributed by atoms with E-state index in [-0.39, 0.29) is 0 Å². The first-order chi connectivity index (χ1) is 28.3. The van der Waals surface area contributed by atoms with Crippen LogP contribution in [-0.2, 0) is 0 Å². The van der Waals surface area contributed by atoms with Crippen molar-refractivity contribution in [3.8, 4) is 39.3 Å². The fourth-order valence-electron chi connectivity index (χ4n) is 9.34. The average Bonchev–Trinajstić information content (AvgIpc) is 3.92. The third kappa shape index (κ3) is 4.79. The van der Waals surface area contributed by atoms with Crippen LogP contribution in [0.1, 0.15) is 0 Å². The van der Waals surface area contributed by atoms with Crippen LogP contribution in [-0.4, -0.2) is 13.7 Å². The van der Waals surface area contributed by atoms with Crippen molar-refractivity contribution in [1.82, 2.24) is 13.7 Å². The fraction of sp³-hybridized carbons (Fsp3) is 0. The lowest BCUT2D eigenvalue weighted by molar-refractivity contribution is 1.17. The number of para-hydroxylation sites is 4. The van der Waals surface area contributed by atoms with Gasteiger partial charge in [-0.3, -0.25) is 0 Å². The van der Waals surface area contributed by atoms with E-state index >= 15 is 0 Å². The van der Waals surface area contributed by atoms with Crippen LogP contribution in [0.25, 0.3) is 105 Å². The number of hydrogen-bond acceptors (Lipinski definition) is 0. The highest BCUT2D eigenvalue weighted by molar-refractivity contribution is 6.26. The van der Waals surface area contributed by atoms with Gasteiger partial charge in [-0.15, -0.1) is 0 Å². The van der Waals surface area contributed by atoms with E-state index in [1.165, 1.54) is 93.4 Å². The molecule has 0 amide bonds. The Morgan fingerprint density at radius 3 is 1.40 bits per heavy atom. The normalized spacial score (nSPS) is 11.9. The van der Waals surface area contributed by atoms with Gasteiger partial charge in [-0.2, -0.15) is 0 Å². The van der Waals surface area contributed by atoms with Gasteiger partial charge in [0.2, 0.25) is 0 Å². The van der Waals surface area contributed by atoms with E-state index in [2.05, 4.69) is 226 Å². The van der Waals surface area contributed by atoms with Gasteiger partial charge in [-0.25, -0.2) is 0 Å². The summed E-state index contributed by atoms with van der Waals surface area (Å²) in [6, 6.07) is 77.4. The first-order valence-electron chi connectivity index (χ1n) is 19.6. The smallest absolute Gasteiger partial charge is 0.0641 e. The molecule has 57 heavy (non-hydrogen) atoms. The van der Waals surface area contributed by atoms with Gasteiger partial charge < -0.3 is 13.7 Å². The molecule has 0 atom stereocenters. The van der Waals surface area contributed by atoms with E-state index in [0.717, 1.165) is 11.4 Å². The maximum absolute atomic E-state index is 2.49. The summed E-state index contributed by atoms with van der Waals surface area (Å²) in [6.07, 6.45) is 0. The van der Waals surface area contributed by atoms with Crippen LogP contribution in [0.15, 0.2) is 212 Å². The summed E-state index contributed by atoms with van der Waals surface area (Å²) in [5, 5.41) is 7.50. The van der Waals surface area contributed by atoms with E-state index in [9.17, 15) is 0 Å². The summed E-state index contributed by atoms with van der Waals surface area (Å²) in [4.78, 5) is 0. The molecule has 3 heterocycles. The molecule has 0 aliphatic heterocycles. The third-order valence-electron chi connectivity index (χ3n) is 11.8. The van der Waals surface area contributed by atoms with Gasteiger partial charge in [0.15, 0.2) is 0 Å². The van der Waals surface area contributed by atoms with Crippen LogP contribution in [0.3, 0.4) is 0 Å². The second kappa shape index (κ2) is 12.5. The Labute approximate surface area is 329 Å². The largest absolute Gasteiger partial charge is 0.309 e. The number of aromatic nitrogens is 3. The van der Waals surface area contributed by atoms with Crippen molar-refractivity contribution in [3.05, 3.63) is 212 Å². The van der Waals surface area contributed by atoms with Crippen molar-refractivity contribution in [2.24, 2.45) is 0 Å². The van der Waals surface area contributed by atoms with Crippen molar-refractivity contribution in [3.63, 3.8) is 0 Å². The van der Waals surface area contributed by atoms with Gasteiger partial charge in [-0.1, -0.05) is 140 Å². The lowest BCUT2D eigenvalue weighted by atomic mass is 10.0. The number of benzene rings is 9. The molecule has 3 aromatic heterocycles. The highest BCUT2D eigenvalue weighted by atomic mass is 15.0. The predicted octanol–water partition coefficient (Wildman–Crippen LogP) is 14.3. The summed E-state index contributed by atoms with van der Waals surface area (Å²) < 4.78 is 7.31. The number of rotatable bonds is 5. The minimum absolute atomic E-state index is 1.14. The summed E-state index contributed by atoms with van der Waals surface area (Å²) in [7, 11) is 0. The number of nitrogens with zero attached hydrogens (tertiary/aromatic N) is 3. The van der Waals surface area contributed by atoms with Crippen LogP contribution >= 0.6 is 0 Å². The van der Waals surface area contributed by atoms with Gasteiger partial charge in [0, 0.05) is 49.4 Å². The predicted molar refractivity (Wildman–Crippen MR) is 240 cm³/mol. The topological polar surface area (TPSA) is 14.8 Å². The molecular weight excluding hydrogens is 691 g/mol. The Kier molecular flexibility index (Phi) is 6.93. The van der Waals surface area contributed by atoms with Crippen molar-refractivity contribution in [2.75, 3.05) is 0 Å². The summed E-state index contributed by atoms with van der Waals surface area (Å²) >= 11 is 0.